The van der Waals surface area contributed by atoms with Crippen molar-refractivity contribution in [2.75, 3.05) is 42.1 Å². The molecule has 4 aromatic carbocycles. The molecule has 2 N–H and O–H groups in total. The van der Waals surface area contributed by atoms with E-state index in [4.69, 9.17) is 11.6 Å². The molecule has 3 heterocycles. The molecule has 0 radical (unpaired) electrons. The van der Waals surface area contributed by atoms with Crippen molar-refractivity contribution < 1.29 is 18.1 Å². The number of anilines is 2. The van der Waals surface area contributed by atoms with Gasteiger partial charge in [0.1, 0.15) is 5.69 Å². The van der Waals surface area contributed by atoms with Gasteiger partial charge >= 0.3 is 0 Å². The first-order valence-electron chi connectivity index (χ1n) is 17.2. The van der Waals surface area contributed by atoms with E-state index in [1.807, 2.05) is 79.1 Å². The van der Waals surface area contributed by atoms with Gasteiger partial charge in [0.25, 0.3) is 21.6 Å². The summed E-state index contributed by atoms with van der Waals surface area (Å²) >= 11 is 7.72. The maximum absolute atomic E-state index is 13.3. The number of carbonyl (C=O) groups is 1. The number of fused-ring (bicyclic) bond motifs is 3. The summed E-state index contributed by atoms with van der Waals surface area (Å²) in [5, 5.41) is 15.6. The highest BCUT2D eigenvalue weighted by Gasteiger charge is 2.33. The second kappa shape index (κ2) is 16.0. The lowest BCUT2D eigenvalue weighted by molar-refractivity contribution is -0.384. The topological polar surface area (TPSA) is 138 Å². The third kappa shape index (κ3) is 8.49. The molecule has 1 saturated heterocycles. The Bertz CT molecular complexity index is 2240. The second-order valence-electron chi connectivity index (χ2n) is 13.0. The van der Waals surface area contributed by atoms with Gasteiger partial charge in [0, 0.05) is 84.1 Å². The highest BCUT2D eigenvalue weighted by Crippen LogP contribution is 2.35. The van der Waals surface area contributed by atoms with Crippen molar-refractivity contribution in [2.24, 2.45) is 0 Å². The minimum Gasteiger partial charge on any atom is -0.379 e. The molecular formula is C39H37ClN6O5S2. The van der Waals surface area contributed by atoms with Gasteiger partial charge in [0.2, 0.25) is 0 Å². The van der Waals surface area contributed by atoms with E-state index >= 15 is 0 Å². The number of pyridine rings is 1. The Kier molecular flexibility index (Phi) is 11.0. The van der Waals surface area contributed by atoms with Crippen molar-refractivity contribution in [3.63, 3.8) is 0 Å². The second-order valence-corrected chi connectivity index (χ2v) is 16.3. The monoisotopic (exact) mass is 768 g/mol. The number of nitrogens with one attached hydrogen (secondary N) is 2. The van der Waals surface area contributed by atoms with Crippen LogP contribution in [-0.4, -0.2) is 67.1 Å². The molecule has 0 spiro atoms. The molecule has 0 saturated carbocycles. The van der Waals surface area contributed by atoms with Crippen molar-refractivity contribution >= 4 is 56.4 Å². The number of piperazine rings is 1. The number of hydrogen-bond donors (Lipinski definition) is 2. The summed E-state index contributed by atoms with van der Waals surface area (Å²) in [4.78, 5) is 34.4. The number of rotatable bonds is 12. The van der Waals surface area contributed by atoms with E-state index in [0.29, 0.717) is 23.4 Å². The number of halogens is 1. The number of aryl methyl sites for hydroxylation is 1. The highest BCUT2D eigenvalue weighted by atomic mass is 35.5. The molecule has 53 heavy (non-hydrogen) atoms. The zero-order chi connectivity index (χ0) is 37.0. The van der Waals surface area contributed by atoms with Crippen LogP contribution in [0, 0.1) is 10.1 Å². The largest absolute Gasteiger partial charge is 0.379 e. The van der Waals surface area contributed by atoms with Crippen LogP contribution in [-0.2, 0) is 23.0 Å². The quantitative estimate of drug-likeness (QED) is 0.0577. The van der Waals surface area contributed by atoms with Gasteiger partial charge in [-0.1, -0.05) is 41.9 Å². The van der Waals surface area contributed by atoms with E-state index in [-0.39, 0.29) is 16.1 Å². The van der Waals surface area contributed by atoms with Gasteiger partial charge in [-0.15, -0.1) is 11.8 Å². The van der Waals surface area contributed by atoms with Gasteiger partial charge in [-0.3, -0.25) is 24.8 Å². The fourth-order valence-corrected chi connectivity index (χ4v) is 8.86. The zero-order valence-electron chi connectivity index (χ0n) is 28.7. The summed E-state index contributed by atoms with van der Waals surface area (Å²) in [6.07, 6.45) is 5.37. The molecule has 11 nitrogen and oxygen atoms in total. The maximum atomic E-state index is 13.3. The van der Waals surface area contributed by atoms with Crippen LogP contribution in [0.5, 0.6) is 0 Å². The minimum absolute atomic E-state index is 0.197. The van der Waals surface area contributed by atoms with Crippen molar-refractivity contribution in [2.45, 2.75) is 35.2 Å². The fraction of sp³-hybridized carbons (Fsp3) is 0.231. The molecule has 14 heteroatoms. The van der Waals surface area contributed by atoms with Gasteiger partial charge < -0.3 is 10.2 Å². The highest BCUT2D eigenvalue weighted by molar-refractivity contribution is 7.99. The number of benzene rings is 4. The third-order valence-corrected chi connectivity index (χ3v) is 12.1. The van der Waals surface area contributed by atoms with Crippen molar-refractivity contribution in [1.29, 1.82) is 0 Å². The number of thioether (sulfide) groups is 1. The number of hydrogen-bond acceptors (Lipinski definition) is 10. The first-order chi connectivity index (χ1) is 25.6. The standard InChI is InChI=1S/C39H37ClN6O5S2/c40-31-10-6-27(7-11-31)35-16-17-41-24-30(35)25-44-19-20-45-32(26-44)12-8-28-22-29(9-15-37(28)45)39(47)43-53(50,51)34-13-14-36(38(23-34)46(48)49)42-18-21-52-33-4-2-1-3-5-33/h1-7,9-11,13-17,22-24,32,42H,8,12,18-21,25-26H2,(H,43,47)/t32-/m1/s1. The van der Waals surface area contributed by atoms with Crippen LogP contribution >= 0.6 is 23.4 Å². The Morgan fingerprint density at radius 3 is 2.60 bits per heavy atom. The Morgan fingerprint density at radius 2 is 1.81 bits per heavy atom. The van der Waals surface area contributed by atoms with E-state index in [9.17, 15) is 23.3 Å². The third-order valence-electron chi connectivity index (χ3n) is 9.55. The SMILES string of the molecule is O=C(NS(=O)(=O)c1ccc(NCCSc2ccccc2)c([N+](=O)[O-])c1)c1ccc2c(c1)CC[C@@H]1CN(Cc3cnccc3-c3ccc(Cl)cc3)CCN21. The first kappa shape index (κ1) is 36.4. The van der Waals surface area contributed by atoms with E-state index in [0.717, 1.165) is 77.9 Å². The average molecular weight is 769 g/mol. The molecule has 1 aromatic heterocycles. The summed E-state index contributed by atoms with van der Waals surface area (Å²) in [5.74, 6) is -0.149. The number of amides is 1. The van der Waals surface area contributed by atoms with Crippen LogP contribution in [0.15, 0.2) is 119 Å². The Balaban J connectivity index is 0.978. The van der Waals surface area contributed by atoms with E-state index in [1.165, 1.54) is 12.1 Å². The molecule has 7 rings (SSSR count). The smallest absolute Gasteiger partial charge is 0.293 e. The van der Waals surface area contributed by atoms with Crippen LogP contribution in [0.4, 0.5) is 17.1 Å². The fourth-order valence-electron chi connectivity index (χ4n) is 6.95. The van der Waals surface area contributed by atoms with Crippen molar-refractivity contribution in [3.05, 3.63) is 141 Å². The van der Waals surface area contributed by atoms with Crippen molar-refractivity contribution in [1.82, 2.24) is 14.6 Å². The molecule has 2 aliphatic rings. The lowest BCUT2D eigenvalue weighted by atomic mass is 9.92. The molecule has 1 amide bonds. The van der Waals surface area contributed by atoms with E-state index < -0.39 is 26.5 Å². The summed E-state index contributed by atoms with van der Waals surface area (Å²) < 4.78 is 28.7. The minimum atomic E-state index is -4.40. The van der Waals surface area contributed by atoms with Crippen LogP contribution in [0.25, 0.3) is 11.1 Å². The summed E-state index contributed by atoms with van der Waals surface area (Å²) in [6.45, 7) is 3.73. The van der Waals surface area contributed by atoms with E-state index in [1.54, 1.807) is 23.9 Å². The van der Waals surface area contributed by atoms with Crippen LogP contribution < -0.4 is 14.9 Å². The van der Waals surface area contributed by atoms with Gasteiger partial charge in [-0.25, -0.2) is 13.1 Å². The van der Waals surface area contributed by atoms with Gasteiger partial charge in [-0.05, 0) is 95.8 Å². The molecule has 0 unspecified atom stereocenters. The summed E-state index contributed by atoms with van der Waals surface area (Å²) in [7, 11) is -4.40. The molecule has 0 aliphatic carbocycles. The Hall–Kier alpha value is -4.95. The number of aromatic nitrogens is 1. The van der Waals surface area contributed by atoms with E-state index in [2.05, 4.69) is 24.8 Å². The molecule has 1 atom stereocenters. The summed E-state index contributed by atoms with van der Waals surface area (Å²) in [6, 6.07) is 28.8. The number of nitrogens with zero attached hydrogens (tertiary/aromatic N) is 4. The molecule has 5 aromatic rings. The zero-order valence-corrected chi connectivity index (χ0v) is 31.0. The maximum Gasteiger partial charge on any atom is 0.293 e. The predicted octanol–water partition coefficient (Wildman–Crippen LogP) is 7.27. The number of sulfonamides is 1. The Morgan fingerprint density at radius 1 is 1.00 bits per heavy atom. The number of nitro groups is 1. The lowest BCUT2D eigenvalue weighted by Crippen LogP contribution is -2.54. The molecular weight excluding hydrogens is 732 g/mol. The van der Waals surface area contributed by atoms with Gasteiger partial charge in [0.15, 0.2) is 0 Å². The Labute approximate surface area is 317 Å². The first-order valence-corrected chi connectivity index (χ1v) is 20.1. The molecule has 2 aliphatic heterocycles. The van der Waals surface area contributed by atoms with Crippen LogP contribution in [0.3, 0.4) is 0 Å². The predicted molar refractivity (Wildman–Crippen MR) is 209 cm³/mol. The lowest BCUT2D eigenvalue weighted by Gasteiger charge is -2.46. The molecule has 1 fully saturated rings. The molecule has 0 bridgehead atoms. The normalized spacial score (nSPS) is 15.6. The van der Waals surface area contributed by atoms with Gasteiger partial charge in [0.05, 0.1) is 9.82 Å². The van der Waals surface area contributed by atoms with Gasteiger partial charge in [-0.2, -0.15) is 0 Å². The number of nitro benzene ring substituents is 1. The number of carbonyl (C=O) groups excluding carboxylic acids is 1. The molecule has 272 valence electrons. The van der Waals surface area contributed by atoms with Crippen LogP contribution in [0.2, 0.25) is 5.02 Å². The van der Waals surface area contributed by atoms with Crippen LogP contribution in [0.1, 0.15) is 27.9 Å². The van der Waals surface area contributed by atoms with Crippen molar-refractivity contribution in [3.8, 4) is 11.1 Å². The average Bonchev–Trinajstić information content (AvgIpc) is 3.17. The summed E-state index contributed by atoms with van der Waals surface area (Å²) in [5.41, 5.74) is 5.43.